The molecule has 0 saturated carbocycles. The molecule has 2 aromatic rings. The fraction of sp³-hybridized carbons (Fsp3) is 0.400. The third-order valence-electron chi connectivity index (χ3n) is 2.08. The number of aryl methyl sites for hydroxylation is 1. The van der Waals surface area contributed by atoms with E-state index in [1.807, 2.05) is 46.8 Å². The van der Waals surface area contributed by atoms with Gasteiger partial charge in [0.05, 0.1) is 7.11 Å². The van der Waals surface area contributed by atoms with Crippen molar-refractivity contribution in [3.05, 3.63) is 34.4 Å². The van der Waals surface area contributed by atoms with Crippen LogP contribution in [0.1, 0.15) is 33.3 Å². The number of benzene rings is 1. The molecule has 0 fully saturated rings. The zero-order chi connectivity index (χ0) is 14.1. The zero-order valence-electron chi connectivity index (χ0n) is 12.0. The van der Waals surface area contributed by atoms with Crippen LogP contribution in [0.15, 0.2) is 28.9 Å². The Morgan fingerprint density at radius 2 is 1.67 bits per heavy atom. The Morgan fingerprint density at radius 1 is 1.06 bits per heavy atom. The highest BCUT2D eigenvalue weighted by molar-refractivity contribution is 9.10. The largest absolute Gasteiger partial charge is 0.494 e. The van der Waals surface area contributed by atoms with Gasteiger partial charge in [0.2, 0.25) is 0 Å². The fourth-order valence-corrected chi connectivity index (χ4v) is 1.84. The van der Waals surface area contributed by atoms with E-state index in [4.69, 9.17) is 4.74 Å². The molecule has 0 aliphatic heterocycles. The maximum atomic E-state index is 5.27. The van der Waals surface area contributed by atoms with Crippen molar-refractivity contribution in [2.24, 2.45) is 0 Å². The summed E-state index contributed by atoms with van der Waals surface area (Å²) in [6.07, 6.45) is 1.78. The van der Waals surface area contributed by atoms with Gasteiger partial charge in [0.25, 0.3) is 0 Å². The van der Waals surface area contributed by atoms with Crippen LogP contribution in [0.5, 0.6) is 5.75 Å². The third-order valence-corrected chi connectivity index (χ3v) is 2.51. The zero-order valence-corrected chi connectivity index (χ0v) is 13.6. The molecule has 0 amide bonds. The van der Waals surface area contributed by atoms with Gasteiger partial charge >= 0.3 is 0 Å². The second-order valence-electron chi connectivity index (χ2n) is 3.19. The minimum atomic E-state index is 0.826. The molecule has 0 bridgehead atoms. The van der Waals surface area contributed by atoms with Crippen LogP contribution in [0.25, 0.3) is 10.9 Å². The summed E-state index contributed by atoms with van der Waals surface area (Å²) >= 11 is 3.40. The van der Waals surface area contributed by atoms with Crippen LogP contribution >= 0.6 is 15.9 Å². The van der Waals surface area contributed by atoms with Crippen LogP contribution in [0.3, 0.4) is 0 Å². The number of methoxy groups -OCH3 is 1. The molecule has 0 unspecified atom stereocenters. The quantitative estimate of drug-likeness (QED) is 0.706. The third kappa shape index (κ3) is 4.30. The molecule has 0 spiro atoms. The van der Waals surface area contributed by atoms with Gasteiger partial charge in [-0.05, 0) is 46.6 Å². The predicted molar refractivity (Wildman–Crippen MR) is 83.4 cm³/mol. The van der Waals surface area contributed by atoms with Gasteiger partial charge in [-0.2, -0.15) is 0 Å². The Hall–Kier alpha value is -1.09. The molecule has 0 saturated heterocycles. The maximum absolute atomic E-state index is 5.27. The van der Waals surface area contributed by atoms with Gasteiger partial charge in [0, 0.05) is 16.1 Å². The van der Waals surface area contributed by atoms with Gasteiger partial charge < -0.3 is 4.74 Å². The normalized spacial score (nSPS) is 8.83. The number of ether oxygens (including phenoxy) is 1. The molecule has 100 valence electrons. The standard InChI is InChI=1S/C11H10BrNO.2C2H6/c1-7-3-8-5-9(12)6-13-11(8)10(4-7)14-2;2*1-2/h3-6H,1-2H3;2*1-2H3. The summed E-state index contributed by atoms with van der Waals surface area (Å²) in [7, 11) is 1.66. The molecule has 2 rings (SSSR count). The summed E-state index contributed by atoms with van der Waals surface area (Å²) in [4.78, 5) is 4.32. The number of halogens is 1. The first-order valence-electron chi connectivity index (χ1n) is 6.30. The average molecular weight is 312 g/mol. The molecule has 1 heterocycles. The van der Waals surface area contributed by atoms with E-state index in [-0.39, 0.29) is 0 Å². The second kappa shape index (κ2) is 8.92. The van der Waals surface area contributed by atoms with Gasteiger partial charge in [0.15, 0.2) is 0 Å². The Bertz CT molecular complexity index is 478. The van der Waals surface area contributed by atoms with Crippen molar-refractivity contribution in [1.82, 2.24) is 4.98 Å². The van der Waals surface area contributed by atoms with Gasteiger partial charge in [-0.3, -0.25) is 4.98 Å². The molecular weight excluding hydrogens is 290 g/mol. The van der Waals surface area contributed by atoms with Crippen LogP contribution in [-0.2, 0) is 0 Å². The molecule has 3 heteroatoms. The number of fused-ring (bicyclic) bond motifs is 1. The molecule has 0 aliphatic rings. The molecule has 1 aromatic carbocycles. The van der Waals surface area contributed by atoms with Crippen LogP contribution in [0, 0.1) is 6.92 Å². The lowest BCUT2D eigenvalue weighted by molar-refractivity contribution is 0.418. The first-order chi connectivity index (χ1) is 8.70. The van der Waals surface area contributed by atoms with E-state index in [0.717, 1.165) is 21.1 Å². The molecule has 0 radical (unpaired) electrons. The average Bonchev–Trinajstić information content (AvgIpc) is 2.41. The van der Waals surface area contributed by atoms with Gasteiger partial charge in [-0.25, -0.2) is 0 Å². The Labute approximate surface area is 119 Å². The van der Waals surface area contributed by atoms with E-state index in [0.29, 0.717) is 0 Å². The number of rotatable bonds is 1. The van der Waals surface area contributed by atoms with Gasteiger partial charge in [0.1, 0.15) is 11.3 Å². The van der Waals surface area contributed by atoms with Gasteiger partial charge in [-0.15, -0.1) is 0 Å². The smallest absolute Gasteiger partial charge is 0.145 e. The van der Waals surface area contributed by atoms with Crippen molar-refractivity contribution in [3.63, 3.8) is 0 Å². The van der Waals surface area contributed by atoms with Gasteiger partial charge in [-0.1, -0.05) is 27.7 Å². The molecule has 0 aliphatic carbocycles. The van der Waals surface area contributed by atoms with Crippen LogP contribution in [0.4, 0.5) is 0 Å². The summed E-state index contributed by atoms with van der Waals surface area (Å²) in [5.74, 6) is 0.826. The number of pyridine rings is 1. The molecule has 2 nitrogen and oxygen atoms in total. The van der Waals surface area contributed by atoms with E-state index >= 15 is 0 Å². The van der Waals surface area contributed by atoms with Crippen LogP contribution < -0.4 is 4.74 Å². The van der Waals surface area contributed by atoms with Crippen molar-refractivity contribution in [2.75, 3.05) is 7.11 Å². The SMILES string of the molecule is CC.CC.COc1cc(C)cc2cc(Br)cnc12. The maximum Gasteiger partial charge on any atom is 0.145 e. The Kier molecular flexibility index (Phi) is 8.38. The lowest BCUT2D eigenvalue weighted by atomic mass is 10.1. The fourth-order valence-electron chi connectivity index (χ4n) is 1.49. The summed E-state index contributed by atoms with van der Waals surface area (Å²) in [5.41, 5.74) is 2.08. The molecular formula is C15H22BrNO. The van der Waals surface area contributed by atoms with Crippen LogP contribution in [-0.4, -0.2) is 12.1 Å². The lowest BCUT2D eigenvalue weighted by Crippen LogP contribution is -1.88. The predicted octanol–water partition coefficient (Wildman–Crippen LogP) is 5.37. The van der Waals surface area contributed by atoms with Crippen molar-refractivity contribution < 1.29 is 4.74 Å². The topological polar surface area (TPSA) is 22.1 Å². The molecule has 18 heavy (non-hydrogen) atoms. The number of nitrogens with zero attached hydrogens (tertiary/aromatic N) is 1. The summed E-state index contributed by atoms with van der Waals surface area (Å²) in [5, 5.41) is 1.09. The van der Waals surface area contributed by atoms with E-state index < -0.39 is 0 Å². The highest BCUT2D eigenvalue weighted by atomic mass is 79.9. The number of aromatic nitrogens is 1. The highest BCUT2D eigenvalue weighted by Crippen LogP contribution is 2.27. The van der Waals surface area contributed by atoms with Crippen molar-refractivity contribution in [2.45, 2.75) is 34.6 Å². The summed E-state index contributed by atoms with van der Waals surface area (Å²) < 4.78 is 6.25. The molecule has 0 atom stereocenters. The lowest BCUT2D eigenvalue weighted by Gasteiger charge is -2.06. The Morgan fingerprint density at radius 3 is 2.22 bits per heavy atom. The van der Waals surface area contributed by atoms with Crippen molar-refractivity contribution in [3.8, 4) is 5.75 Å². The minimum Gasteiger partial charge on any atom is -0.494 e. The molecule has 0 N–H and O–H groups in total. The minimum absolute atomic E-state index is 0.826. The van der Waals surface area contributed by atoms with E-state index in [1.54, 1.807) is 13.3 Å². The summed E-state index contributed by atoms with van der Waals surface area (Å²) in [6, 6.07) is 6.12. The van der Waals surface area contributed by atoms with E-state index in [9.17, 15) is 0 Å². The molecule has 1 aromatic heterocycles. The van der Waals surface area contributed by atoms with Crippen molar-refractivity contribution >= 4 is 26.8 Å². The van der Waals surface area contributed by atoms with E-state index in [1.165, 1.54) is 5.56 Å². The Balaban J connectivity index is 0.000000659. The first-order valence-corrected chi connectivity index (χ1v) is 7.10. The number of hydrogen-bond donors (Lipinski definition) is 0. The monoisotopic (exact) mass is 311 g/mol. The summed E-state index contributed by atoms with van der Waals surface area (Å²) in [6.45, 7) is 10.0. The van der Waals surface area contributed by atoms with Crippen molar-refractivity contribution in [1.29, 1.82) is 0 Å². The highest BCUT2D eigenvalue weighted by Gasteiger charge is 2.04. The number of hydrogen-bond acceptors (Lipinski definition) is 2. The first kappa shape index (κ1) is 16.9. The second-order valence-corrected chi connectivity index (χ2v) is 4.11. The van der Waals surface area contributed by atoms with Crippen LogP contribution in [0.2, 0.25) is 0 Å². The van der Waals surface area contributed by atoms with E-state index in [2.05, 4.69) is 27.0 Å².